The molecule has 0 atom stereocenters. The maximum atomic E-state index is 5.83. The predicted octanol–water partition coefficient (Wildman–Crippen LogP) is 3.10. The van der Waals surface area contributed by atoms with E-state index in [1.807, 2.05) is 19.2 Å². The molecule has 0 saturated carbocycles. The lowest BCUT2D eigenvalue weighted by atomic mass is 10.4. The molecule has 2 heterocycles. The summed E-state index contributed by atoms with van der Waals surface area (Å²) in [6.07, 6.45) is 1.59. The zero-order valence-corrected chi connectivity index (χ0v) is 9.13. The summed E-state index contributed by atoms with van der Waals surface area (Å²) in [7, 11) is 1.83. The monoisotopic (exact) mass is 260 g/mol. The van der Waals surface area contributed by atoms with Crippen molar-refractivity contribution < 1.29 is 4.42 Å². The molecular weight excluding hydrogens is 255 g/mol. The van der Waals surface area contributed by atoms with Crippen molar-refractivity contribution in [3.05, 3.63) is 28.2 Å². The van der Waals surface area contributed by atoms with Gasteiger partial charge in [0.2, 0.25) is 0 Å². The number of furan rings is 1. The van der Waals surface area contributed by atoms with E-state index in [-0.39, 0.29) is 0 Å². The summed E-state index contributed by atoms with van der Waals surface area (Å²) in [5, 5.41) is 0.586. The van der Waals surface area contributed by atoms with Crippen molar-refractivity contribution in [1.29, 1.82) is 0 Å². The fraction of sp³-hybridized carbons (Fsp3) is 0.125. The third-order valence-electron chi connectivity index (χ3n) is 1.73. The van der Waals surface area contributed by atoms with Gasteiger partial charge in [-0.3, -0.25) is 0 Å². The molecule has 0 fully saturated rings. The van der Waals surface area contributed by atoms with Crippen LogP contribution in [-0.2, 0) is 7.05 Å². The summed E-state index contributed by atoms with van der Waals surface area (Å²) in [5.74, 6) is 1.41. The molecule has 5 heteroatoms. The Morgan fingerprint density at radius 1 is 1.54 bits per heavy atom. The molecule has 68 valence electrons. The molecule has 0 bridgehead atoms. The molecular formula is C8H6BrClN2O. The Balaban J connectivity index is 2.52. The van der Waals surface area contributed by atoms with Crippen LogP contribution in [0.2, 0.25) is 5.15 Å². The van der Waals surface area contributed by atoms with Crippen LogP contribution in [0.5, 0.6) is 0 Å². The SMILES string of the molecule is Cn1c(Cl)cnc1-c1ccc(Br)o1. The van der Waals surface area contributed by atoms with Crippen molar-refractivity contribution in [3.8, 4) is 11.6 Å². The lowest BCUT2D eigenvalue weighted by Crippen LogP contribution is -1.90. The van der Waals surface area contributed by atoms with Crippen molar-refractivity contribution in [2.45, 2.75) is 0 Å². The van der Waals surface area contributed by atoms with Gasteiger partial charge >= 0.3 is 0 Å². The first-order valence-electron chi connectivity index (χ1n) is 3.61. The highest BCUT2D eigenvalue weighted by molar-refractivity contribution is 9.10. The summed E-state index contributed by atoms with van der Waals surface area (Å²) < 4.78 is 7.78. The van der Waals surface area contributed by atoms with E-state index in [1.165, 1.54) is 0 Å². The second-order valence-corrected chi connectivity index (χ2v) is 3.74. The molecule has 0 aliphatic carbocycles. The predicted molar refractivity (Wildman–Crippen MR) is 53.6 cm³/mol. The second-order valence-electron chi connectivity index (χ2n) is 2.57. The Morgan fingerprint density at radius 2 is 2.31 bits per heavy atom. The molecule has 0 N–H and O–H groups in total. The van der Waals surface area contributed by atoms with Crippen molar-refractivity contribution in [1.82, 2.24) is 9.55 Å². The number of halogens is 2. The highest BCUT2D eigenvalue weighted by Crippen LogP contribution is 2.25. The number of aromatic nitrogens is 2. The Bertz CT molecular complexity index is 435. The first-order chi connectivity index (χ1) is 6.18. The average molecular weight is 262 g/mol. The average Bonchev–Trinajstić information content (AvgIpc) is 2.62. The van der Waals surface area contributed by atoms with Crippen LogP contribution in [0.1, 0.15) is 0 Å². The van der Waals surface area contributed by atoms with Crippen LogP contribution in [-0.4, -0.2) is 9.55 Å². The maximum Gasteiger partial charge on any atom is 0.177 e. The molecule has 0 radical (unpaired) electrons. The lowest BCUT2D eigenvalue weighted by molar-refractivity contribution is 0.548. The molecule has 2 aromatic heterocycles. The van der Waals surface area contributed by atoms with Crippen molar-refractivity contribution in [2.24, 2.45) is 7.05 Å². The number of imidazole rings is 1. The minimum atomic E-state index is 0.586. The number of hydrogen-bond acceptors (Lipinski definition) is 2. The van der Waals surface area contributed by atoms with Gasteiger partial charge in [0.25, 0.3) is 0 Å². The number of rotatable bonds is 1. The first-order valence-corrected chi connectivity index (χ1v) is 4.78. The number of hydrogen-bond donors (Lipinski definition) is 0. The smallest absolute Gasteiger partial charge is 0.177 e. The lowest BCUT2D eigenvalue weighted by Gasteiger charge is -1.97. The highest BCUT2D eigenvalue weighted by atomic mass is 79.9. The largest absolute Gasteiger partial charge is 0.446 e. The topological polar surface area (TPSA) is 31.0 Å². The molecule has 0 aliphatic heterocycles. The van der Waals surface area contributed by atoms with Crippen molar-refractivity contribution >= 4 is 27.5 Å². The van der Waals surface area contributed by atoms with Crippen LogP contribution in [0.4, 0.5) is 0 Å². The molecule has 0 amide bonds. The van der Waals surface area contributed by atoms with E-state index >= 15 is 0 Å². The second kappa shape index (κ2) is 3.20. The van der Waals surface area contributed by atoms with E-state index < -0.39 is 0 Å². The first kappa shape index (κ1) is 8.84. The Hall–Kier alpha value is -0.740. The molecule has 2 aromatic rings. The summed E-state index contributed by atoms with van der Waals surface area (Å²) in [6.45, 7) is 0. The van der Waals surface area contributed by atoms with Gasteiger partial charge in [0.15, 0.2) is 16.3 Å². The van der Waals surface area contributed by atoms with Crippen LogP contribution in [0, 0.1) is 0 Å². The minimum Gasteiger partial charge on any atom is -0.446 e. The zero-order chi connectivity index (χ0) is 9.42. The van der Waals surface area contributed by atoms with Gasteiger partial charge in [-0.05, 0) is 28.1 Å². The normalized spacial score (nSPS) is 10.7. The van der Waals surface area contributed by atoms with Gasteiger partial charge in [0.05, 0.1) is 6.20 Å². The van der Waals surface area contributed by atoms with E-state index in [4.69, 9.17) is 16.0 Å². The molecule has 3 nitrogen and oxygen atoms in total. The van der Waals surface area contributed by atoms with Crippen molar-refractivity contribution in [3.63, 3.8) is 0 Å². The fourth-order valence-electron chi connectivity index (χ4n) is 1.05. The van der Waals surface area contributed by atoms with Crippen LogP contribution in [0.25, 0.3) is 11.6 Å². The van der Waals surface area contributed by atoms with Crippen LogP contribution in [0.3, 0.4) is 0 Å². The molecule has 0 aromatic carbocycles. The van der Waals surface area contributed by atoms with Crippen LogP contribution >= 0.6 is 27.5 Å². The van der Waals surface area contributed by atoms with E-state index in [9.17, 15) is 0 Å². The fourth-order valence-corrected chi connectivity index (χ4v) is 1.49. The molecule has 0 spiro atoms. The van der Waals surface area contributed by atoms with E-state index in [0.717, 1.165) is 5.82 Å². The standard InChI is InChI=1S/C8H6BrClN2O/c1-12-7(10)4-11-8(12)5-2-3-6(9)13-5/h2-4H,1H3. The molecule has 0 aliphatic rings. The van der Waals surface area contributed by atoms with Gasteiger partial charge in [-0.2, -0.15) is 0 Å². The van der Waals surface area contributed by atoms with Gasteiger partial charge < -0.3 is 8.98 Å². The summed E-state index contributed by atoms with van der Waals surface area (Å²) in [6, 6.07) is 3.65. The van der Waals surface area contributed by atoms with Gasteiger partial charge in [0.1, 0.15) is 5.15 Å². The van der Waals surface area contributed by atoms with E-state index in [0.29, 0.717) is 15.6 Å². The Kier molecular flexibility index (Phi) is 2.17. The number of nitrogens with zero attached hydrogens (tertiary/aromatic N) is 2. The van der Waals surface area contributed by atoms with Gasteiger partial charge in [-0.1, -0.05) is 11.6 Å². The minimum absolute atomic E-state index is 0.586. The highest BCUT2D eigenvalue weighted by Gasteiger charge is 2.10. The zero-order valence-electron chi connectivity index (χ0n) is 6.79. The Labute approximate surface area is 88.5 Å². The summed E-state index contributed by atoms with van der Waals surface area (Å²) >= 11 is 9.06. The Morgan fingerprint density at radius 3 is 2.77 bits per heavy atom. The third-order valence-corrected chi connectivity index (χ3v) is 2.50. The van der Waals surface area contributed by atoms with Crippen molar-refractivity contribution in [2.75, 3.05) is 0 Å². The molecule has 0 saturated heterocycles. The van der Waals surface area contributed by atoms with Crippen LogP contribution < -0.4 is 0 Å². The van der Waals surface area contributed by atoms with E-state index in [1.54, 1.807) is 10.8 Å². The molecule has 13 heavy (non-hydrogen) atoms. The van der Waals surface area contributed by atoms with Gasteiger partial charge in [-0.15, -0.1) is 0 Å². The summed E-state index contributed by atoms with van der Waals surface area (Å²) in [5.41, 5.74) is 0. The van der Waals surface area contributed by atoms with Gasteiger partial charge in [0, 0.05) is 7.05 Å². The van der Waals surface area contributed by atoms with Crippen LogP contribution in [0.15, 0.2) is 27.4 Å². The van der Waals surface area contributed by atoms with Gasteiger partial charge in [-0.25, -0.2) is 4.98 Å². The maximum absolute atomic E-state index is 5.83. The third kappa shape index (κ3) is 1.51. The van der Waals surface area contributed by atoms with E-state index in [2.05, 4.69) is 20.9 Å². The summed E-state index contributed by atoms with van der Waals surface area (Å²) in [4.78, 5) is 4.12. The molecule has 0 unspecified atom stereocenters. The molecule has 2 rings (SSSR count). The quantitative estimate of drug-likeness (QED) is 0.790.